The molecular weight excluding hydrogens is 482 g/mol. The summed E-state index contributed by atoms with van der Waals surface area (Å²) in [4.78, 5) is 9.34. The maximum absolute atomic E-state index is 13.3. The zero-order valence-corrected chi connectivity index (χ0v) is 19.8. The molecule has 2 heterocycles. The molecule has 8 heteroatoms. The molecule has 1 aromatic heterocycles. The van der Waals surface area contributed by atoms with Crippen molar-refractivity contribution in [1.82, 2.24) is 25.4 Å². The summed E-state index contributed by atoms with van der Waals surface area (Å²) in [6.07, 6.45) is 3.65. The van der Waals surface area contributed by atoms with Gasteiger partial charge in [0.25, 0.3) is 0 Å². The van der Waals surface area contributed by atoms with E-state index in [0.717, 1.165) is 61.9 Å². The van der Waals surface area contributed by atoms with Crippen molar-refractivity contribution in [1.29, 1.82) is 0 Å². The van der Waals surface area contributed by atoms with E-state index in [0.29, 0.717) is 12.5 Å². The average molecular weight is 514 g/mol. The zero-order chi connectivity index (χ0) is 19.9. The minimum absolute atomic E-state index is 0. The van der Waals surface area contributed by atoms with Crippen LogP contribution in [0.1, 0.15) is 56.7 Å². The van der Waals surface area contributed by atoms with Gasteiger partial charge in [0.15, 0.2) is 11.8 Å². The first-order valence-electron chi connectivity index (χ1n) is 10.3. The van der Waals surface area contributed by atoms with Gasteiger partial charge in [0.05, 0.1) is 6.54 Å². The van der Waals surface area contributed by atoms with Crippen molar-refractivity contribution in [2.45, 2.75) is 65.0 Å². The Bertz CT molecular complexity index is 804. The lowest BCUT2D eigenvalue weighted by Crippen LogP contribution is -2.47. The number of hydrogen-bond acceptors (Lipinski definition) is 3. The summed E-state index contributed by atoms with van der Waals surface area (Å²) in [6.45, 7) is 8.63. The SMILES string of the molecule is CCNC(=NCCCc1cccc(F)c1)NC1CCc2nc(C(C)C)nn2C1.I. The molecule has 160 valence electrons. The lowest BCUT2D eigenvalue weighted by atomic mass is 10.1. The van der Waals surface area contributed by atoms with Crippen molar-refractivity contribution in [2.24, 2.45) is 4.99 Å². The Morgan fingerprint density at radius 3 is 2.93 bits per heavy atom. The third kappa shape index (κ3) is 6.94. The van der Waals surface area contributed by atoms with Crippen LogP contribution in [0.25, 0.3) is 0 Å². The molecule has 0 radical (unpaired) electrons. The first-order chi connectivity index (χ1) is 13.5. The molecule has 1 aliphatic rings. The van der Waals surface area contributed by atoms with Crippen LogP contribution in [0.2, 0.25) is 0 Å². The van der Waals surface area contributed by atoms with Gasteiger partial charge in [-0.2, -0.15) is 5.10 Å². The Labute approximate surface area is 189 Å². The fourth-order valence-corrected chi connectivity index (χ4v) is 3.37. The first-order valence-corrected chi connectivity index (χ1v) is 10.3. The molecule has 1 aliphatic heterocycles. The number of rotatable bonds is 7. The lowest BCUT2D eigenvalue weighted by molar-refractivity contribution is 0.391. The Morgan fingerprint density at radius 2 is 2.21 bits per heavy atom. The normalized spacial score (nSPS) is 16.3. The Morgan fingerprint density at radius 1 is 1.38 bits per heavy atom. The molecule has 6 nitrogen and oxygen atoms in total. The van der Waals surface area contributed by atoms with Gasteiger partial charge >= 0.3 is 0 Å². The van der Waals surface area contributed by atoms with E-state index in [9.17, 15) is 4.39 Å². The van der Waals surface area contributed by atoms with Crippen molar-refractivity contribution in [3.63, 3.8) is 0 Å². The van der Waals surface area contributed by atoms with Crippen LogP contribution >= 0.6 is 24.0 Å². The lowest BCUT2D eigenvalue weighted by Gasteiger charge is -2.25. The molecule has 2 aromatic rings. The molecule has 0 spiro atoms. The monoisotopic (exact) mass is 514 g/mol. The molecule has 0 saturated carbocycles. The van der Waals surface area contributed by atoms with Crippen molar-refractivity contribution in [3.8, 4) is 0 Å². The molecule has 1 atom stereocenters. The van der Waals surface area contributed by atoms with Crippen molar-refractivity contribution in [3.05, 3.63) is 47.3 Å². The fourth-order valence-electron chi connectivity index (χ4n) is 3.37. The Kier molecular flexibility index (Phi) is 9.32. The molecule has 29 heavy (non-hydrogen) atoms. The van der Waals surface area contributed by atoms with Gasteiger partial charge in [-0.25, -0.2) is 14.1 Å². The summed E-state index contributed by atoms with van der Waals surface area (Å²) in [5.41, 5.74) is 1.01. The number of aryl methyl sites for hydroxylation is 2. The summed E-state index contributed by atoms with van der Waals surface area (Å²) in [5.74, 6) is 3.01. The van der Waals surface area contributed by atoms with Crippen LogP contribution in [-0.2, 0) is 19.4 Å². The zero-order valence-electron chi connectivity index (χ0n) is 17.5. The molecule has 0 bridgehead atoms. The smallest absolute Gasteiger partial charge is 0.191 e. The van der Waals surface area contributed by atoms with Crippen LogP contribution in [0.4, 0.5) is 4.39 Å². The minimum atomic E-state index is -0.179. The number of aromatic nitrogens is 3. The minimum Gasteiger partial charge on any atom is -0.357 e. The third-order valence-electron chi connectivity index (χ3n) is 4.86. The number of benzene rings is 1. The third-order valence-corrected chi connectivity index (χ3v) is 4.86. The highest BCUT2D eigenvalue weighted by Gasteiger charge is 2.23. The van der Waals surface area contributed by atoms with E-state index in [1.165, 1.54) is 6.07 Å². The molecule has 0 aliphatic carbocycles. The van der Waals surface area contributed by atoms with Gasteiger partial charge in [-0.3, -0.25) is 4.99 Å². The van der Waals surface area contributed by atoms with E-state index in [-0.39, 0.29) is 35.8 Å². The van der Waals surface area contributed by atoms with Crippen LogP contribution in [0.5, 0.6) is 0 Å². The highest BCUT2D eigenvalue weighted by molar-refractivity contribution is 14.0. The van der Waals surface area contributed by atoms with Gasteiger partial charge in [0, 0.05) is 31.5 Å². The number of nitrogens with zero attached hydrogens (tertiary/aromatic N) is 4. The molecule has 1 unspecified atom stereocenters. The van der Waals surface area contributed by atoms with E-state index in [1.807, 2.05) is 10.7 Å². The van der Waals surface area contributed by atoms with Gasteiger partial charge in [-0.05, 0) is 43.9 Å². The van der Waals surface area contributed by atoms with Gasteiger partial charge in [-0.1, -0.05) is 26.0 Å². The molecule has 2 N–H and O–H groups in total. The number of fused-ring (bicyclic) bond motifs is 1. The Balaban J connectivity index is 0.00000300. The predicted octanol–water partition coefficient (Wildman–Crippen LogP) is 3.66. The quantitative estimate of drug-likeness (QED) is 0.256. The van der Waals surface area contributed by atoms with Gasteiger partial charge in [0.1, 0.15) is 11.6 Å². The second kappa shape index (κ2) is 11.5. The fraction of sp³-hybridized carbons (Fsp3) is 0.571. The van der Waals surface area contributed by atoms with E-state index >= 15 is 0 Å². The van der Waals surface area contributed by atoms with Crippen molar-refractivity contribution >= 4 is 29.9 Å². The molecule has 1 aromatic carbocycles. The molecule has 3 rings (SSSR count). The second-order valence-electron chi connectivity index (χ2n) is 7.60. The highest BCUT2D eigenvalue weighted by atomic mass is 127. The van der Waals surface area contributed by atoms with Crippen molar-refractivity contribution in [2.75, 3.05) is 13.1 Å². The number of nitrogens with one attached hydrogen (secondary N) is 2. The summed E-state index contributed by atoms with van der Waals surface area (Å²) in [5, 5.41) is 11.5. The predicted molar refractivity (Wildman–Crippen MR) is 125 cm³/mol. The standard InChI is InChI=1S/C21H31FN6.HI/c1-4-23-21(24-12-6-8-16-7-5-9-17(22)13-16)25-18-10-11-19-26-20(15(2)3)27-28(19)14-18;/h5,7,9,13,15,18H,4,6,8,10-12,14H2,1-3H3,(H2,23,24,25);1H. The maximum Gasteiger partial charge on any atom is 0.191 e. The van der Waals surface area contributed by atoms with Crippen LogP contribution in [0, 0.1) is 5.82 Å². The number of aliphatic imine (C=N–C) groups is 1. The van der Waals surface area contributed by atoms with Crippen molar-refractivity contribution < 1.29 is 4.39 Å². The summed E-state index contributed by atoms with van der Waals surface area (Å²) in [7, 11) is 0. The van der Waals surface area contributed by atoms with Gasteiger partial charge < -0.3 is 10.6 Å². The molecule has 0 amide bonds. The van der Waals surface area contributed by atoms with E-state index in [4.69, 9.17) is 0 Å². The molecule has 0 fully saturated rings. The summed E-state index contributed by atoms with van der Waals surface area (Å²) < 4.78 is 15.3. The van der Waals surface area contributed by atoms with Gasteiger partial charge in [-0.15, -0.1) is 24.0 Å². The number of hydrogen-bond donors (Lipinski definition) is 2. The van der Waals surface area contributed by atoms with E-state index in [2.05, 4.69) is 46.5 Å². The number of halogens is 2. The topological polar surface area (TPSA) is 67.1 Å². The summed E-state index contributed by atoms with van der Waals surface area (Å²) >= 11 is 0. The summed E-state index contributed by atoms with van der Waals surface area (Å²) in [6, 6.07) is 7.07. The van der Waals surface area contributed by atoms with Crippen LogP contribution in [0.15, 0.2) is 29.3 Å². The largest absolute Gasteiger partial charge is 0.357 e. The van der Waals surface area contributed by atoms with Gasteiger partial charge in [0.2, 0.25) is 0 Å². The highest BCUT2D eigenvalue weighted by Crippen LogP contribution is 2.17. The number of guanidine groups is 1. The van der Waals surface area contributed by atoms with Crippen LogP contribution in [0.3, 0.4) is 0 Å². The maximum atomic E-state index is 13.3. The Hall–Kier alpha value is -1.71. The van der Waals surface area contributed by atoms with Crippen LogP contribution in [-0.4, -0.2) is 39.9 Å². The molecule has 0 saturated heterocycles. The van der Waals surface area contributed by atoms with Crippen LogP contribution < -0.4 is 10.6 Å². The van der Waals surface area contributed by atoms with E-state index < -0.39 is 0 Å². The van der Waals surface area contributed by atoms with E-state index in [1.54, 1.807) is 12.1 Å². The average Bonchev–Trinajstić information content (AvgIpc) is 3.09. The first kappa shape index (κ1) is 23.6. The molecular formula is C21H32FIN6. The second-order valence-corrected chi connectivity index (χ2v) is 7.60.